The fraction of sp³-hybridized carbons (Fsp3) is 0.273. The van der Waals surface area contributed by atoms with Crippen LogP contribution in [0.1, 0.15) is 32.0 Å². The van der Waals surface area contributed by atoms with Gasteiger partial charge in [0.15, 0.2) is 0 Å². The Labute approximate surface area is 165 Å². The highest BCUT2D eigenvalue weighted by Crippen LogP contribution is 2.23. The topological polar surface area (TPSA) is 68.2 Å². The molecule has 3 rings (SSSR count). The molecule has 6 heteroatoms. The maximum Gasteiger partial charge on any atom is 0.324 e. The smallest absolute Gasteiger partial charge is 0.324 e. The molecule has 2 N–H and O–H groups in total. The summed E-state index contributed by atoms with van der Waals surface area (Å²) in [7, 11) is 1.81. The SMILES string of the molecule is Cn1nc(C(C)(C)C)cc1NC(=O)Nc1ccc(OCc2ccccc2)cc1. The van der Waals surface area contributed by atoms with E-state index in [4.69, 9.17) is 4.74 Å². The van der Waals surface area contributed by atoms with Crippen molar-refractivity contribution < 1.29 is 9.53 Å². The van der Waals surface area contributed by atoms with Gasteiger partial charge in [-0.05, 0) is 29.8 Å². The van der Waals surface area contributed by atoms with Gasteiger partial charge in [-0.1, -0.05) is 51.1 Å². The molecule has 0 aliphatic carbocycles. The number of hydrogen-bond donors (Lipinski definition) is 2. The van der Waals surface area contributed by atoms with Crippen molar-refractivity contribution in [1.29, 1.82) is 0 Å². The number of rotatable bonds is 5. The van der Waals surface area contributed by atoms with Gasteiger partial charge >= 0.3 is 6.03 Å². The average Bonchev–Trinajstić information content (AvgIpc) is 3.03. The molecule has 28 heavy (non-hydrogen) atoms. The van der Waals surface area contributed by atoms with E-state index in [9.17, 15) is 4.79 Å². The van der Waals surface area contributed by atoms with Gasteiger partial charge in [-0.2, -0.15) is 5.10 Å². The van der Waals surface area contributed by atoms with Gasteiger partial charge in [0.25, 0.3) is 0 Å². The Hall–Kier alpha value is -3.28. The lowest BCUT2D eigenvalue weighted by Crippen LogP contribution is -2.20. The highest BCUT2D eigenvalue weighted by molar-refractivity contribution is 5.99. The summed E-state index contributed by atoms with van der Waals surface area (Å²) in [6.45, 7) is 6.76. The van der Waals surface area contributed by atoms with E-state index in [-0.39, 0.29) is 11.4 Å². The first-order chi connectivity index (χ1) is 13.3. The summed E-state index contributed by atoms with van der Waals surface area (Å²) in [4.78, 5) is 12.3. The van der Waals surface area contributed by atoms with Crippen LogP contribution in [0.2, 0.25) is 0 Å². The molecule has 146 valence electrons. The van der Waals surface area contributed by atoms with Crippen LogP contribution in [0.25, 0.3) is 0 Å². The summed E-state index contributed by atoms with van der Waals surface area (Å²) in [5, 5.41) is 10.1. The molecule has 0 unspecified atom stereocenters. The predicted octanol–water partition coefficient (Wildman–Crippen LogP) is 4.94. The van der Waals surface area contributed by atoms with Gasteiger partial charge in [-0.15, -0.1) is 0 Å². The van der Waals surface area contributed by atoms with Crippen LogP contribution in [0.4, 0.5) is 16.3 Å². The first-order valence-electron chi connectivity index (χ1n) is 9.20. The number of urea groups is 1. The number of nitrogens with zero attached hydrogens (tertiary/aromatic N) is 2. The van der Waals surface area contributed by atoms with E-state index in [1.54, 1.807) is 4.68 Å². The number of hydrogen-bond acceptors (Lipinski definition) is 3. The molecule has 6 nitrogen and oxygen atoms in total. The number of carbonyl (C=O) groups is 1. The number of ether oxygens (including phenoxy) is 1. The molecule has 0 spiro atoms. The number of amides is 2. The van der Waals surface area contributed by atoms with Crippen molar-refractivity contribution >= 4 is 17.5 Å². The third-order valence-corrected chi connectivity index (χ3v) is 4.25. The number of aryl methyl sites for hydroxylation is 1. The van der Waals surface area contributed by atoms with E-state index >= 15 is 0 Å². The molecule has 0 fully saturated rings. The number of benzene rings is 2. The van der Waals surface area contributed by atoms with Crippen molar-refractivity contribution in [3.63, 3.8) is 0 Å². The van der Waals surface area contributed by atoms with Gasteiger partial charge in [0.2, 0.25) is 0 Å². The lowest BCUT2D eigenvalue weighted by atomic mass is 9.92. The van der Waals surface area contributed by atoms with E-state index in [0.717, 1.165) is 17.0 Å². The Morgan fingerprint density at radius 1 is 1.04 bits per heavy atom. The van der Waals surface area contributed by atoms with E-state index in [1.165, 1.54) is 0 Å². The van der Waals surface area contributed by atoms with Crippen LogP contribution >= 0.6 is 0 Å². The fourth-order valence-electron chi connectivity index (χ4n) is 2.60. The molecule has 0 atom stereocenters. The zero-order valence-corrected chi connectivity index (χ0v) is 16.7. The van der Waals surface area contributed by atoms with Gasteiger partial charge in [0.05, 0.1) is 5.69 Å². The minimum Gasteiger partial charge on any atom is -0.489 e. The molecule has 3 aromatic rings. The lowest BCUT2D eigenvalue weighted by Gasteiger charge is -2.13. The summed E-state index contributed by atoms with van der Waals surface area (Å²) >= 11 is 0. The van der Waals surface area contributed by atoms with Gasteiger partial charge in [-0.3, -0.25) is 10.00 Å². The number of nitrogens with one attached hydrogen (secondary N) is 2. The second-order valence-corrected chi connectivity index (χ2v) is 7.67. The Kier molecular flexibility index (Phi) is 5.68. The molecular weight excluding hydrogens is 352 g/mol. The molecular formula is C22H26N4O2. The van der Waals surface area contributed by atoms with E-state index in [2.05, 4.69) is 36.5 Å². The monoisotopic (exact) mass is 378 g/mol. The zero-order chi connectivity index (χ0) is 20.1. The molecule has 0 aliphatic rings. The number of carbonyl (C=O) groups excluding carboxylic acids is 1. The summed E-state index contributed by atoms with van der Waals surface area (Å²) in [6, 6.07) is 18.8. The standard InChI is InChI=1S/C22H26N4O2/c1-22(2,3)19-14-20(26(4)25-19)24-21(27)23-17-10-12-18(13-11-17)28-15-16-8-6-5-7-9-16/h5-14H,15H2,1-4H3,(H2,23,24,27). The molecule has 0 saturated heterocycles. The van der Waals surface area contributed by atoms with Crippen LogP contribution in [-0.4, -0.2) is 15.8 Å². The summed E-state index contributed by atoms with van der Waals surface area (Å²) in [5.41, 5.74) is 2.63. The molecule has 0 aliphatic heterocycles. The van der Waals surface area contributed by atoms with Gasteiger partial charge in [0, 0.05) is 24.2 Å². The number of aromatic nitrogens is 2. The van der Waals surface area contributed by atoms with Crippen molar-refractivity contribution in [3.05, 3.63) is 71.9 Å². The molecule has 1 aromatic heterocycles. The molecule has 0 radical (unpaired) electrons. The van der Waals surface area contributed by atoms with Crippen molar-refractivity contribution in [2.75, 3.05) is 10.6 Å². The molecule has 2 aromatic carbocycles. The summed E-state index contributed by atoms with van der Waals surface area (Å²) < 4.78 is 7.43. The first kappa shape index (κ1) is 19.5. The highest BCUT2D eigenvalue weighted by atomic mass is 16.5. The van der Waals surface area contributed by atoms with E-state index < -0.39 is 0 Å². The first-order valence-corrected chi connectivity index (χ1v) is 9.20. The van der Waals surface area contributed by atoms with E-state index in [0.29, 0.717) is 18.1 Å². The van der Waals surface area contributed by atoms with Crippen LogP contribution in [0.3, 0.4) is 0 Å². The predicted molar refractivity (Wildman–Crippen MR) is 112 cm³/mol. The lowest BCUT2D eigenvalue weighted by molar-refractivity contribution is 0.262. The third-order valence-electron chi connectivity index (χ3n) is 4.25. The summed E-state index contributed by atoms with van der Waals surface area (Å²) in [5.74, 6) is 1.39. The fourth-order valence-corrected chi connectivity index (χ4v) is 2.60. The molecule has 2 amide bonds. The van der Waals surface area contributed by atoms with Crippen LogP contribution in [0.15, 0.2) is 60.7 Å². The Morgan fingerprint density at radius 2 is 1.71 bits per heavy atom. The Bertz CT molecular complexity index is 925. The highest BCUT2D eigenvalue weighted by Gasteiger charge is 2.19. The maximum absolute atomic E-state index is 12.3. The van der Waals surface area contributed by atoms with Gasteiger partial charge in [0.1, 0.15) is 18.2 Å². The van der Waals surface area contributed by atoms with Gasteiger partial charge in [-0.25, -0.2) is 4.79 Å². The quantitative estimate of drug-likeness (QED) is 0.661. The minimum absolute atomic E-state index is 0.0796. The largest absolute Gasteiger partial charge is 0.489 e. The summed E-state index contributed by atoms with van der Waals surface area (Å²) in [6.07, 6.45) is 0. The second-order valence-electron chi connectivity index (χ2n) is 7.67. The Balaban J connectivity index is 1.55. The molecule has 0 saturated carbocycles. The van der Waals surface area contributed by atoms with Crippen molar-refractivity contribution in [1.82, 2.24) is 9.78 Å². The molecule has 0 bridgehead atoms. The van der Waals surface area contributed by atoms with Crippen LogP contribution in [-0.2, 0) is 19.1 Å². The van der Waals surface area contributed by atoms with Crippen LogP contribution < -0.4 is 15.4 Å². The second kappa shape index (κ2) is 8.17. The zero-order valence-electron chi connectivity index (χ0n) is 16.7. The van der Waals surface area contributed by atoms with Crippen LogP contribution in [0.5, 0.6) is 5.75 Å². The average molecular weight is 378 g/mol. The maximum atomic E-state index is 12.3. The third kappa shape index (κ3) is 5.13. The molecule has 1 heterocycles. The minimum atomic E-state index is -0.318. The van der Waals surface area contributed by atoms with Crippen molar-refractivity contribution in [2.45, 2.75) is 32.8 Å². The van der Waals surface area contributed by atoms with Crippen molar-refractivity contribution in [2.24, 2.45) is 7.05 Å². The normalized spacial score (nSPS) is 11.1. The van der Waals surface area contributed by atoms with Crippen LogP contribution in [0, 0.1) is 0 Å². The number of anilines is 2. The Morgan fingerprint density at radius 3 is 2.32 bits per heavy atom. The van der Waals surface area contributed by atoms with Crippen molar-refractivity contribution in [3.8, 4) is 5.75 Å². The van der Waals surface area contributed by atoms with Gasteiger partial charge < -0.3 is 10.1 Å². The van der Waals surface area contributed by atoms with E-state index in [1.807, 2.05) is 67.7 Å².